The van der Waals surface area contributed by atoms with Gasteiger partial charge in [0.25, 0.3) is 5.91 Å². The number of aromatic nitrogens is 4. The minimum atomic E-state index is -0.272. The predicted molar refractivity (Wildman–Crippen MR) is 122 cm³/mol. The van der Waals surface area contributed by atoms with E-state index in [2.05, 4.69) is 42.1 Å². The molecule has 0 unspecified atom stereocenters. The molecule has 1 aliphatic rings. The zero-order valence-corrected chi connectivity index (χ0v) is 19.0. The van der Waals surface area contributed by atoms with Gasteiger partial charge in [0.05, 0.1) is 5.69 Å². The van der Waals surface area contributed by atoms with Crippen LogP contribution in [0.1, 0.15) is 28.8 Å². The summed E-state index contributed by atoms with van der Waals surface area (Å²) in [5, 5.41) is 17.9. The number of carbonyl (C=O) groups is 2. The third-order valence-corrected chi connectivity index (χ3v) is 6.09. The number of benzene rings is 2. The Morgan fingerprint density at radius 1 is 1.19 bits per heavy atom. The molecule has 0 spiro atoms. The lowest BCUT2D eigenvalue weighted by molar-refractivity contribution is -0.111. The quantitative estimate of drug-likeness (QED) is 0.481. The monoisotopic (exact) mass is 498 g/mol. The number of hydrogen-bond donors (Lipinski definition) is 2. The highest BCUT2D eigenvalue weighted by Crippen LogP contribution is 2.33. The van der Waals surface area contributed by atoms with Crippen LogP contribution >= 0.6 is 27.7 Å². The second-order valence-corrected chi connectivity index (χ2v) is 8.94. The highest BCUT2D eigenvalue weighted by atomic mass is 79.9. The number of nitrogens with zero attached hydrogens (tertiary/aromatic N) is 4. The summed E-state index contributed by atoms with van der Waals surface area (Å²) < 4.78 is 2.40. The number of halogens is 1. The molecule has 10 heteroatoms. The molecule has 2 aromatic carbocycles. The van der Waals surface area contributed by atoms with E-state index in [1.54, 1.807) is 29.9 Å². The van der Waals surface area contributed by atoms with E-state index in [1.807, 2.05) is 30.3 Å². The first-order chi connectivity index (χ1) is 15.0. The molecule has 2 amide bonds. The smallest absolute Gasteiger partial charge is 0.251 e. The molecule has 1 saturated carbocycles. The summed E-state index contributed by atoms with van der Waals surface area (Å²) >= 11 is 4.79. The Bertz CT molecular complexity index is 1140. The molecule has 0 aliphatic heterocycles. The van der Waals surface area contributed by atoms with Crippen LogP contribution in [0.25, 0.3) is 6.08 Å². The van der Waals surface area contributed by atoms with Gasteiger partial charge in [-0.15, -0.1) is 5.10 Å². The van der Waals surface area contributed by atoms with Crippen LogP contribution in [0.5, 0.6) is 0 Å². The average Bonchev–Trinajstić information content (AvgIpc) is 3.48. The van der Waals surface area contributed by atoms with Gasteiger partial charge in [0.2, 0.25) is 11.1 Å². The van der Waals surface area contributed by atoms with Crippen molar-refractivity contribution >= 4 is 51.3 Å². The van der Waals surface area contributed by atoms with E-state index in [4.69, 9.17) is 0 Å². The molecule has 1 heterocycles. The Kier molecular flexibility index (Phi) is 6.47. The largest absolute Gasteiger partial charge is 0.349 e. The van der Waals surface area contributed by atoms with Gasteiger partial charge in [-0.3, -0.25) is 9.59 Å². The summed E-state index contributed by atoms with van der Waals surface area (Å²) in [6.07, 6.45) is 5.26. The van der Waals surface area contributed by atoms with Gasteiger partial charge in [-0.1, -0.05) is 28.1 Å². The van der Waals surface area contributed by atoms with Gasteiger partial charge in [-0.05, 0) is 77.0 Å². The van der Waals surface area contributed by atoms with Crippen LogP contribution in [-0.2, 0) is 11.8 Å². The van der Waals surface area contributed by atoms with Crippen LogP contribution in [0.15, 0.2) is 63.1 Å². The second-order valence-electron chi connectivity index (χ2n) is 7.02. The number of nitrogens with one attached hydrogen (secondary N) is 2. The van der Waals surface area contributed by atoms with Gasteiger partial charge in [0.1, 0.15) is 0 Å². The number of anilines is 1. The molecule has 1 aromatic heterocycles. The molecule has 1 aliphatic carbocycles. The number of tetrazole rings is 1. The summed E-state index contributed by atoms with van der Waals surface area (Å²) in [6, 6.07) is 13.1. The molecule has 3 aromatic rings. The minimum Gasteiger partial charge on any atom is -0.349 e. The van der Waals surface area contributed by atoms with Crippen molar-refractivity contribution in [2.45, 2.75) is 28.9 Å². The Labute approximate surface area is 191 Å². The molecule has 1 fully saturated rings. The van der Waals surface area contributed by atoms with Crippen LogP contribution in [0, 0.1) is 0 Å². The van der Waals surface area contributed by atoms with Crippen LogP contribution < -0.4 is 10.6 Å². The summed E-state index contributed by atoms with van der Waals surface area (Å²) in [6.45, 7) is 0. The van der Waals surface area contributed by atoms with Crippen molar-refractivity contribution in [2.24, 2.45) is 7.05 Å². The fourth-order valence-electron chi connectivity index (χ4n) is 2.68. The first-order valence-corrected chi connectivity index (χ1v) is 11.2. The number of amides is 2. The van der Waals surface area contributed by atoms with Crippen molar-refractivity contribution in [1.82, 2.24) is 25.5 Å². The summed E-state index contributed by atoms with van der Waals surface area (Å²) in [7, 11) is 1.75. The van der Waals surface area contributed by atoms with Crippen molar-refractivity contribution in [3.05, 3.63) is 64.1 Å². The van der Waals surface area contributed by atoms with Crippen molar-refractivity contribution in [3.8, 4) is 0 Å². The Morgan fingerprint density at radius 3 is 2.65 bits per heavy atom. The fourth-order valence-corrected chi connectivity index (χ4v) is 3.84. The van der Waals surface area contributed by atoms with E-state index in [0.29, 0.717) is 22.4 Å². The molecule has 0 saturated heterocycles. The van der Waals surface area contributed by atoms with Gasteiger partial charge < -0.3 is 10.6 Å². The fraction of sp³-hybridized carbons (Fsp3) is 0.190. The molecule has 8 nitrogen and oxygen atoms in total. The molecule has 2 N–H and O–H groups in total. The second kappa shape index (κ2) is 9.44. The van der Waals surface area contributed by atoms with Crippen molar-refractivity contribution in [1.29, 1.82) is 0 Å². The van der Waals surface area contributed by atoms with Gasteiger partial charge in [-0.2, -0.15) is 0 Å². The Hall–Kier alpha value is -2.98. The van der Waals surface area contributed by atoms with E-state index in [0.717, 1.165) is 27.8 Å². The molecular formula is C21H19BrN6O2S. The van der Waals surface area contributed by atoms with Gasteiger partial charge >= 0.3 is 0 Å². The van der Waals surface area contributed by atoms with E-state index in [-0.39, 0.29) is 11.8 Å². The van der Waals surface area contributed by atoms with Crippen LogP contribution in [-0.4, -0.2) is 38.1 Å². The maximum Gasteiger partial charge on any atom is 0.251 e. The third-order valence-electron chi connectivity index (χ3n) is 4.49. The van der Waals surface area contributed by atoms with E-state index in [1.165, 1.54) is 17.8 Å². The van der Waals surface area contributed by atoms with Crippen molar-refractivity contribution < 1.29 is 9.59 Å². The normalized spacial score (nSPS) is 13.4. The van der Waals surface area contributed by atoms with E-state index in [9.17, 15) is 9.59 Å². The molecule has 0 bridgehead atoms. The lowest BCUT2D eigenvalue weighted by atomic mass is 10.1. The number of aryl methyl sites for hydroxylation is 1. The van der Waals surface area contributed by atoms with Gasteiger partial charge in [0, 0.05) is 34.1 Å². The number of rotatable bonds is 7. The van der Waals surface area contributed by atoms with E-state index >= 15 is 0 Å². The van der Waals surface area contributed by atoms with Crippen molar-refractivity contribution in [2.75, 3.05) is 5.32 Å². The lowest BCUT2D eigenvalue weighted by Gasteiger charge is -2.09. The van der Waals surface area contributed by atoms with Crippen LogP contribution in [0.4, 0.5) is 5.69 Å². The number of carbonyl (C=O) groups excluding carboxylic acids is 2. The standard InChI is InChI=1S/C21H19BrN6O2S/c1-28-21(25-26-27-28)31-18-10-7-15(22)12-17(18)24-19(29)11-4-13-2-5-14(6-3-13)20(30)23-16-8-9-16/h2-7,10-12,16H,8-9H2,1H3,(H,23,30)(H,24,29)/b11-4+. The number of hydrogen-bond acceptors (Lipinski definition) is 6. The molecular weight excluding hydrogens is 480 g/mol. The topological polar surface area (TPSA) is 102 Å². The minimum absolute atomic E-state index is 0.0615. The SMILES string of the molecule is Cn1nnnc1Sc1ccc(Br)cc1NC(=O)/C=C/c1ccc(C(=O)NC2CC2)cc1. The molecule has 4 rings (SSSR count). The van der Waals surface area contributed by atoms with Crippen molar-refractivity contribution in [3.63, 3.8) is 0 Å². The first kappa shape index (κ1) is 21.3. The van der Waals surface area contributed by atoms with Crippen LogP contribution in [0.2, 0.25) is 0 Å². The molecule has 158 valence electrons. The Morgan fingerprint density at radius 2 is 1.97 bits per heavy atom. The highest BCUT2D eigenvalue weighted by molar-refractivity contribution is 9.10. The first-order valence-electron chi connectivity index (χ1n) is 9.58. The third kappa shape index (κ3) is 5.80. The predicted octanol–water partition coefficient (Wildman–Crippen LogP) is 3.67. The maximum atomic E-state index is 12.5. The van der Waals surface area contributed by atoms with Crippen LogP contribution in [0.3, 0.4) is 0 Å². The maximum absolute atomic E-state index is 12.5. The van der Waals surface area contributed by atoms with Gasteiger partial charge in [0.15, 0.2) is 0 Å². The van der Waals surface area contributed by atoms with Gasteiger partial charge in [-0.25, -0.2) is 4.68 Å². The average molecular weight is 499 g/mol. The zero-order valence-electron chi connectivity index (χ0n) is 16.6. The van der Waals surface area contributed by atoms with E-state index < -0.39 is 0 Å². The lowest BCUT2D eigenvalue weighted by Crippen LogP contribution is -2.25. The Balaban J connectivity index is 1.41. The highest BCUT2D eigenvalue weighted by Gasteiger charge is 2.23. The summed E-state index contributed by atoms with van der Waals surface area (Å²) in [5.74, 6) is -0.333. The molecule has 0 atom stereocenters. The molecule has 31 heavy (non-hydrogen) atoms. The molecule has 0 radical (unpaired) electrons. The summed E-state index contributed by atoms with van der Waals surface area (Å²) in [4.78, 5) is 25.4. The summed E-state index contributed by atoms with van der Waals surface area (Å²) in [5.41, 5.74) is 2.08. The zero-order chi connectivity index (χ0) is 21.8.